The Morgan fingerprint density at radius 2 is 0.940 bits per heavy atom. The van der Waals surface area contributed by atoms with E-state index >= 15 is 0 Å². The number of rotatable bonds is 3. The van der Waals surface area contributed by atoms with Crippen LogP contribution in [-0.4, -0.2) is 19.1 Å². The van der Waals surface area contributed by atoms with Crippen LogP contribution in [0.1, 0.15) is 0 Å². The van der Waals surface area contributed by atoms with Gasteiger partial charge in [0.1, 0.15) is 0 Å². The summed E-state index contributed by atoms with van der Waals surface area (Å²) < 4.78 is 4.79. The Balaban J connectivity index is 1.43. The fraction of sp³-hybridized carbons (Fsp3) is 0. The topological polar surface area (TPSA) is 35.6 Å². The monoisotopic (exact) mass is 636 g/mol. The molecule has 3 heterocycles. The second-order valence-electron chi connectivity index (χ2n) is 13.0. The maximum Gasteiger partial charge on any atom is 0.235 e. The third-order valence-electron chi connectivity index (χ3n) is 10.3. The maximum absolute atomic E-state index is 5.47. The second-order valence-corrected chi connectivity index (χ2v) is 13.0. The van der Waals surface area contributed by atoms with E-state index in [2.05, 4.69) is 179 Å². The van der Waals surface area contributed by atoms with E-state index in [9.17, 15) is 0 Å². The van der Waals surface area contributed by atoms with E-state index in [0.717, 1.165) is 44.3 Å². The van der Waals surface area contributed by atoms with Crippen molar-refractivity contribution >= 4 is 76.1 Å². The quantitative estimate of drug-likeness (QED) is 0.193. The Hall–Kier alpha value is -6.78. The van der Waals surface area contributed by atoms with E-state index in [-0.39, 0.29) is 0 Å². The molecule has 50 heavy (non-hydrogen) atoms. The van der Waals surface area contributed by atoms with Crippen molar-refractivity contribution in [2.45, 2.75) is 0 Å². The van der Waals surface area contributed by atoms with Gasteiger partial charge in [-0.3, -0.25) is 4.57 Å². The van der Waals surface area contributed by atoms with Crippen LogP contribution in [0.5, 0.6) is 0 Å². The molecule has 0 aliphatic rings. The SMILES string of the molecule is c1ccc(-c2nc(-n3c4c5ccccc5ccc4c4c5c6ccccc6n(-c6ccccc6)c5c5ccccc5c43)nc3ccccc23)cc1. The van der Waals surface area contributed by atoms with Crippen molar-refractivity contribution in [2.24, 2.45) is 0 Å². The van der Waals surface area contributed by atoms with E-state index in [4.69, 9.17) is 9.97 Å². The largest absolute Gasteiger partial charge is 0.309 e. The smallest absolute Gasteiger partial charge is 0.235 e. The molecule has 8 aromatic carbocycles. The minimum Gasteiger partial charge on any atom is -0.309 e. The summed E-state index contributed by atoms with van der Waals surface area (Å²) >= 11 is 0. The molecule has 0 amide bonds. The number of hydrogen-bond donors (Lipinski definition) is 0. The van der Waals surface area contributed by atoms with Crippen LogP contribution in [0.4, 0.5) is 0 Å². The molecule has 0 radical (unpaired) electrons. The first kappa shape index (κ1) is 27.2. The van der Waals surface area contributed by atoms with Crippen molar-refractivity contribution in [3.63, 3.8) is 0 Å². The molecule has 4 nitrogen and oxygen atoms in total. The van der Waals surface area contributed by atoms with Gasteiger partial charge in [-0.1, -0.05) is 146 Å². The Labute approximate surface area is 287 Å². The molecule has 0 aliphatic heterocycles. The average Bonchev–Trinajstić information content (AvgIpc) is 3.72. The third kappa shape index (κ3) is 3.70. The maximum atomic E-state index is 5.47. The first-order valence-electron chi connectivity index (χ1n) is 17.0. The lowest BCUT2D eigenvalue weighted by Crippen LogP contribution is -2.04. The Kier molecular flexibility index (Phi) is 5.63. The molecule has 11 rings (SSSR count). The lowest BCUT2D eigenvalue weighted by atomic mass is 9.98. The summed E-state index contributed by atoms with van der Waals surface area (Å²) in [6.45, 7) is 0. The zero-order valence-corrected chi connectivity index (χ0v) is 27.0. The van der Waals surface area contributed by atoms with Crippen LogP contribution in [0, 0.1) is 0 Å². The Morgan fingerprint density at radius 3 is 1.72 bits per heavy atom. The van der Waals surface area contributed by atoms with Crippen LogP contribution in [0.3, 0.4) is 0 Å². The molecule has 4 heteroatoms. The van der Waals surface area contributed by atoms with Crippen molar-refractivity contribution in [1.29, 1.82) is 0 Å². The summed E-state index contributed by atoms with van der Waals surface area (Å²) in [6.07, 6.45) is 0. The highest BCUT2D eigenvalue weighted by atomic mass is 15.2. The molecular weight excluding hydrogens is 609 g/mol. The van der Waals surface area contributed by atoms with Gasteiger partial charge < -0.3 is 4.57 Å². The summed E-state index contributed by atoms with van der Waals surface area (Å²) in [5, 5.41) is 10.6. The molecule has 0 fully saturated rings. The van der Waals surface area contributed by atoms with Crippen molar-refractivity contribution in [3.8, 4) is 22.9 Å². The van der Waals surface area contributed by atoms with Gasteiger partial charge in [0, 0.05) is 54.3 Å². The molecule has 0 bridgehead atoms. The van der Waals surface area contributed by atoms with Gasteiger partial charge in [0.25, 0.3) is 0 Å². The molecule has 0 aliphatic carbocycles. The van der Waals surface area contributed by atoms with E-state index in [1.54, 1.807) is 0 Å². The molecule has 232 valence electrons. The summed E-state index contributed by atoms with van der Waals surface area (Å²) in [5.41, 5.74) is 8.66. The van der Waals surface area contributed by atoms with Crippen LogP contribution in [0.25, 0.3) is 99.0 Å². The average molecular weight is 637 g/mol. The Bertz CT molecular complexity index is 3140. The first-order valence-corrected chi connectivity index (χ1v) is 17.0. The molecule has 0 N–H and O–H groups in total. The second kappa shape index (κ2) is 10.4. The van der Waals surface area contributed by atoms with Gasteiger partial charge in [0.15, 0.2) is 0 Å². The molecule has 0 saturated carbocycles. The van der Waals surface area contributed by atoms with Gasteiger partial charge in [-0.25, -0.2) is 9.97 Å². The highest BCUT2D eigenvalue weighted by Gasteiger charge is 2.26. The number of nitrogens with zero attached hydrogens (tertiary/aromatic N) is 4. The van der Waals surface area contributed by atoms with Crippen molar-refractivity contribution in [2.75, 3.05) is 0 Å². The normalized spacial score (nSPS) is 12.0. The van der Waals surface area contributed by atoms with Gasteiger partial charge in [-0.2, -0.15) is 0 Å². The molecule has 0 atom stereocenters. The van der Waals surface area contributed by atoms with Crippen LogP contribution in [0.15, 0.2) is 170 Å². The number of aromatic nitrogens is 4. The lowest BCUT2D eigenvalue weighted by Gasteiger charge is -2.14. The summed E-state index contributed by atoms with van der Waals surface area (Å²) in [4.78, 5) is 10.8. The minimum atomic E-state index is 0.662. The molecule has 0 saturated heterocycles. The first-order chi connectivity index (χ1) is 24.8. The van der Waals surface area contributed by atoms with Crippen molar-refractivity contribution in [1.82, 2.24) is 19.1 Å². The van der Waals surface area contributed by atoms with E-state index in [0.29, 0.717) is 5.95 Å². The zero-order valence-electron chi connectivity index (χ0n) is 27.0. The highest BCUT2D eigenvalue weighted by molar-refractivity contribution is 6.38. The van der Waals surface area contributed by atoms with E-state index < -0.39 is 0 Å². The van der Waals surface area contributed by atoms with Crippen molar-refractivity contribution in [3.05, 3.63) is 170 Å². The summed E-state index contributed by atoms with van der Waals surface area (Å²) in [7, 11) is 0. The molecule has 11 aromatic rings. The molecule has 3 aromatic heterocycles. The fourth-order valence-corrected chi connectivity index (χ4v) is 8.23. The van der Waals surface area contributed by atoms with Crippen LogP contribution >= 0.6 is 0 Å². The summed E-state index contributed by atoms with van der Waals surface area (Å²) in [6, 6.07) is 60.5. The van der Waals surface area contributed by atoms with Gasteiger partial charge in [0.05, 0.1) is 33.3 Å². The number of hydrogen-bond acceptors (Lipinski definition) is 2. The van der Waals surface area contributed by atoms with E-state index in [1.807, 2.05) is 0 Å². The number of benzene rings is 8. The lowest BCUT2D eigenvalue weighted by molar-refractivity contribution is 1.02. The standard InChI is InChI=1S/C46H28N4/c1-3-16-30(17-4-1)42-35-23-11-13-25-38(35)47-46(48-42)50-43-32-20-8-7-15-29(32)27-28-37(43)41-40-36-24-12-14-26-39(36)49(31-18-5-2-6-19-31)44(40)33-21-9-10-22-34(33)45(41)50/h1-28H. The highest BCUT2D eigenvalue weighted by Crippen LogP contribution is 2.48. The van der Waals surface area contributed by atoms with Crippen LogP contribution in [-0.2, 0) is 0 Å². The van der Waals surface area contributed by atoms with E-state index in [1.165, 1.54) is 48.7 Å². The third-order valence-corrected chi connectivity index (χ3v) is 10.3. The number of para-hydroxylation sites is 3. The van der Waals surface area contributed by atoms with Gasteiger partial charge in [-0.05, 0) is 29.7 Å². The van der Waals surface area contributed by atoms with Crippen LogP contribution < -0.4 is 0 Å². The Morgan fingerprint density at radius 1 is 0.360 bits per heavy atom. The van der Waals surface area contributed by atoms with Gasteiger partial charge in [0.2, 0.25) is 5.95 Å². The van der Waals surface area contributed by atoms with Gasteiger partial charge in [-0.15, -0.1) is 0 Å². The predicted molar refractivity (Wildman–Crippen MR) is 209 cm³/mol. The zero-order chi connectivity index (χ0) is 32.8. The fourth-order valence-electron chi connectivity index (χ4n) is 8.23. The number of fused-ring (bicyclic) bond motifs is 13. The molecule has 0 spiro atoms. The minimum absolute atomic E-state index is 0.662. The van der Waals surface area contributed by atoms with Crippen LogP contribution in [0.2, 0.25) is 0 Å². The molecule has 0 unspecified atom stereocenters. The molecular formula is C46H28N4. The predicted octanol–water partition coefficient (Wildman–Crippen LogP) is 11.8. The van der Waals surface area contributed by atoms with Gasteiger partial charge >= 0.3 is 0 Å². The summed E-state index contributed by atoms with van der Waals surface area (Å²) in [5.74, 6) is 0.662. The van der Waals surface area contributed by atoms with Crippen molar-refractivity contribution < 1.29 is 0 Å².